The molecule has 3 aromatic rings. The van der Waals surface area contributed by atoms with Crippen molar-refractivity contribution in [3.8, 4) is 5.75 Å². The molecule has 1 heterocycles. The molecule has 3 rings (SSSR count). The average Bonchev–Trinajstić information content (AvgIpc) is 2.89. The summed E-state index contributed by atoms with van der Waals surface area (Å²) in [6.45, 7) is 0. The lowest BCUT2D eigenvalue weighted by Gasteiger charge is -2.11. The minimum atomic E-state index is -0.428. The Morgan fingerprint density at radius 3 is 2.71 bits per heavy atom. The molecule has 1 atom stereocenters. The summed E-state index contributed by atoms with van der Waals surface area (Å²) in [6, 6.07) is 11.3. The minimum absolute atomic E-state index is 0.296. The van der Waals surface area contributed by atoms with Gasteiger partial charge in [0, 0.05) is 5.39 Å². The van der Waals surface area contributed by atoms with Gasteiger partial charge in [-0.25, -0.2) is 4.39 Å². The van der Waals surface area contributed by atoms with Gasteiger partial charge in [0.2, 0.25) is 0 Å². The smallest absolute Gasteiger partial charge is 0.134 e. The molecule has 0 aliphatic rings. The molecule has 0 fully saturated rings. The summed E-state index contributed by atoms with van der Waals surface area (Å²) in [6.07, 6.45) is 0. The highest BCUT2D eigenvalue weighted by atomic mass is 79.9. The van der Waals surface area contributed by atoms with Crippen molar-refractivity contribution in [2.24, 2.45) is 5.73 Å². The molecule has 5 heteroatoms. The summed E-state index contributed by atoms with van der Waals surface area (Å²) in [5.74, 6) is 1.03. The number of methoxy groups -OCH3 is 1. The van der Waals surface area contributed by atoms with E-state index in [1.807, 2.05) is 18.2 Å². The van der Waals surface area contributed by atoms with Crippen LogP contribution in [0.15, 0.2) is 51.4 Å². The second-order valence-corrected chi connectivity index (χ2v) is 5.56. The highest BCUT2D eigenvalue weighted by molar-refractivity contribution is 9.10. The van der Waals surface area contributed by atoms with Gasteiger partial charge in [0.25, 0.3) is 0 Å². The molecule has 1 unspecified atom stereocenters. The van der Waals surface area contributed by atoms with Crippen molar-refractivity contribution in [3.05, 3.63) is 64.1 Å². The summed E-state index contributed by atoms with van der Waals surface area (Å²) in [4.78, 5) is 0. The Morgan fingerprint density at radius 2 is 2.00 bits per heavy atom. The van der Waals surface area contributed by atoms with E-state index in [9.17, 15) is 4.39 Å². The molecule has 3 nitrogen and oxygen atoms in total. The van der Waals surface area contributed by atoms with Crippen LogP contribution >= 0.6 is 15.9 Å². The van der Waals surface area contributed by atoms with Crippen molar-refractivity contribution in [1.29, 1.82) is 0 Å². The third-order valence-electron chi connectivity index (χ3n) is 3.34. The summed E-state index contributed by atoms with van der Waals surface area (Å²) >= 11 is 3.43. The number of hydrogen-bond donors (Lipinski definition) is 1. The van der Waals surface area contributed by atoms with E-state index >= 15 is 0 Å². The maximum absolute atomic E-state index is 13.2. The van der Waals surface area contributed by atoms with Crippen LogP contribution in [-0.4, -0.2) is 7.11 Å². The van der Waals surface area contributed by atoms with Gasteiger partial charge in [-0.2, -0.15) is 0 Å². The quantitative estimate of drug-likeness (QED) is 0.762. The van der Waals surface area contributed by atoms with Crippen LogP contribution in [0.25, 0.3) is 11.0 Å². The lowest BCUT2D eigenvalue weighted by Crippen LogP contribution is -2.10. The Labute approximate surface area is 129 Å². The molecule has 0 saturated carbocycles. The third kappa shape index (κ3) is 2.66. The molecule has 0 saturated heterocycles. The van der Waals surface area contributed by atoms with Crippen LogP contribution in [0.4, 0.5) is 4.39 Å². The zero-order chi connectivity index (χ0) is 15.0. The predicted molar refractivity (Wildman–Crippen MR) is 82.9 cm³/mol. The van der Waals surface area contributed by atoms with E-state index in [-0.39, 0.29) is 5.82 Å². The van der Waals surface area contributed by atoms with Gasteiger partial charge in [0.1, 0.15) is 22.9 Å². The fraction of sp³-hybridized carbons (Fsp3) is 0.125. The summed E-state index contributed by atoms with van der Waals surface area (Å²) in [5.41, 5.74) is 7.73. The molecule has 2 N–H and O–H groups in total. The second kappa shape index (κ2) is 5.50. The summed E-state index contributed by atoms with van der Waals surface area (Å²) < 4.78 is 24.9. The third-order valence-corrected chi connectivity index (χ3v) is 3.96. The van der Waals surface area contributed by atoms with Crippen LogP contribution in [0.5, 0.6) is 5.75 Å². The number of nitrogens with two attached hydrogens (primary N) is 1. The Morgan fingerprint density at radius 1 is 1.19 bits per heavy atom. The highest BCUT2D eigenvalue weighted by Crippen LogP contribution is 2.31. The molecular weight excluding hydrogens is 337 g/mol. The Kier molecular flexibility index (Phi) is 3.69. The molecule has 0 bridgehead atoms. The molecule has 0 aliphatic carbocycles. The van der Waals surface area contributed by atoms with Gasteiger partial charge in [0.05, 0.1) is 17.6 Å². The largest absolute Gasteiger partial charge is 0.496 e. The molecular formula is C16H13BrFNO2. The monoisotopic (exact) mass is 349 g/mol. The van der Waals surface area contributed by atoms with Crippen LogP contribution < -0.4 is 10.5 Å². The highest BCUT2D eigenvalue weighted by Gasteiger charge is 2.16. The number of benzene rings is 2. The maximum atomic E-state index is 13.2. The van der Waals surface area contributed by atoms with E-state index < -0.39 is 6.04 Å². The average molecular weight is 350 g/mol. The number of rotatable bonds is 3. The second-order valence-electron chi connectivity index (χ2n) is 4.70. The normalized spacial score (nSPS) is 12.6. The lowest BCUT2D eigenvalue weighted by atomic mass is 10.1. The first-order valence-electron chi connectivity index (χ1n) is 6.36. The number of furan rings is 1. The first-order valence-corrected chi connectivity index (χ1v) is 7.16. The fourth-order valence-corrected chi connectivity index (χ4v) is 2.79. The maximum Gasteiger partial charge on any atom is 0.134 e. The summed E-state index contributed by atoms with van der Waals surface area (Å²) in [7, 11) is 1.60. The van der Waals surface area contributed by atoms with Crippen molar-refractivity contribution in [1.82, 2.24) is 0 Å². The molecule has 0 aliphatic heterocycles. The molecule has 2 aromatic carbocycles. The van der Waals surface area contributed by atoms with Gasteiger partial charge in [-0.15, -0.1) is 0 Å². The van der Waals surface area contributed by atoms with E-state index in [2.05, 4.69) is 15.9 Å². The summed E-state index contributed by atoms with van der Waals surface area (Å²) in [5, 5.41) is 0.702. The predicted octanol–water partition coefficient (Wildman–Crippen LogP) is 4.39. The number of hydrogen-bond acceptors (Lipinski definition) is 3. The van der Waals surface area contributed by atoms with Gasteiger partial charge in [0.15, 0.2) is 0 Å². The van der Waals surface area contributed by atoms with E-state index in [1.165, 1.54) is 12.1 Å². The van der Waals surface area contributed by atoms with Crippen molar-refractivity contribution < 1.29 is 13.5 Å². The van der Waals surface area contributed by atoms with E-state index in [0.29, 0.717) is 16.7 Å². The number of halogens is 2. The topological polar surface area (TPSA) is 48.4 Å². The number of ether oxygens (including phenoxy) is 1. The van der Waals surface area contributed by atoms with Gasteiger partial charge in [-0.05, 0) is 57.9 Å². The van der Waals surface area contributed by atoms with Crippen molar-refractivity contribution >= 4 is 26.9 Å². The Bertz CT molecular complexity index is 800. The van der Waals surface area contributed by atoms with Crippen molar-refractivity contribution in [3.63, 3.8) is 0 Å². The van der Waals surface area contributed by atoms with Crippen LogP contribution in [0.2, 0.25) is 0 Å². The molecule has 108 valence electrons. The van der Waals surface area contributed by atoms with Crippen LogP contribution in [0, 0.1) is 5.82 Å². The molecule has 0 spiro atoms. The van der Waals surface area contributed by atoms with Crippen LogP contribution in [0.1, 0.15) is 17.4 Å². The van der Waals surface area contributed by atoms with Gasteiger partial charge in [-0.3, -0.25) is 0 Å². The molecule has 1 aromatic heterocycles. The molecule has 21 heavy (non-hydrogen) atoms. The standard InChI is InChI=1S/C16H13BrFNO2/c1-20-14-4-2-9(7-12(14)17)16(19)15-8-10-6-11(18)3-5-13(10)21-15/h2-8,16H,19H2,1H3. The Hall–Kier alpha value is -1.85. The van der Waals surface area contributed by atoms with Crippen molar-refractivity contribution in [2.45, 2.75) is 6.04 Å². The van der Waals surface area contributed by atoms with Gasteiger partial charge >= 0.3 is 0 Å². The first-order chi connectivity index (χ1) is 10.1. The van der Waals surface area contributed by atoms with E-state index in [4.69, 9.17) is 14.9 Å². The van der Waals surface area contributed by atoms with Gasteiger partial charge in [-0.1, -0.05) is 6.07 Å². The lowest BCUT2D eigenvalue weighted by molar-refractivity contribution is 0.411. The SMILES string of the molecule is COc1ccc(C(N)c2cc3cc(F)ccc3o2)cc1Br. The minimum Gasteiger partial charge on any atom is -0.496 e. The Balaban J connectivity index is 1.99. The van der Waals surface area contributed by atoms with Gasteiger partial charge < -0.3 is 14.9 Å². The first kappa shape index (κ1) is 14.1. The number of fused-ring (bicyclic) bond motifs is 1. The zero-order valence-corrected chi connectivity index (χ0v) is 12.9. The van der Waals surface area contributed by atoms with Crippen LogP contribution in [-0.2, 0) is 0 Å². The van der Waals surface area contributed by atoms with E-state index in [0.717, 1.165) is 15.8 Å². The fourth-order valence-electron chi connectivity index (χ4n) is 2.23. The molecule has 0 amide bonds. The molecule has 0 radical (unpaired) electrons. The zero-order valence-electron chi connectivity index (χ0n) is 11.3. The van der Waals surface area contributed by atoms with Crippen LogP contribution in [0.3, 0.4) is 0 Å². The van der Waals surface area contributed by atoms with Crippen molar-refractivity contribution in [2.75, 3.05) is 7.11 Å². The van der Waals surface area contributed by atoms with E-state index in [1.54, 1.807) is 19.2 Å².